The number of rotatable bonds is 7. The van der Waals surface area contributed by atoms with Crippen LogP contribution in [0.15, 0.2) is 12.4 Å². The van der Waals surface area contributed by atoms with Gasteiger partial charge in [0.25, 0.3) is 0 Å². The number of anilines is 1. The molecule has 2 rings (SSSR count). The smallest absolute Gasteiger partial charge is 0.358 e. The first kappa shape index (κ1) is 13.7. The zero-order valence-electron chi connectivity index (χ0n) is 11.3. The minimum absolute atomic E-state index is 0.213. The Bertz CT molecular complexity index is 418. The van der Waals surface area contributed by atoms with Crippen LogP contribution in [0.2, 0.25) is 0 Å². The third-order valence-electron chi connectivity index (χ3n) is 3.05. The third-order valence-corrected chi connectivity index (χ3v) is 3.05. The Hall–Kier alpha value is -1.69. The summed E-state index contributed by atoms with van der Waals surface area (Å²) in [5, 5.41) is 0. The highest BCUT2D eigenvalue weighted by molar-refractivity contribution is 5.86. The molecule has 19 heavy (non-hydrogen) atoms. The van der Waals surface area contributed by atoms with Gasteiger partial charge in [-0.2, -0.15) is 0 Å². The van der Waals surface area contributed by atoms with E-state index in [2.05, 4.69) is 14.7 Å². The van der Waals surface area contributed by atoms with Gasteiger partial charge in [0, 0.05) is 20.2 Å². The third kappa shape index (κ3) is 4.17. The maximum Gasteiger partial charge on any atom is 0.358 e. The average molecular weight is 265 g/mol. The summed E-state index contributed by atoms with van der Waals surface area (Å²) in [5.41, 5.74) is 0.213. The first-order valence-electron chi connectivity index (χ1n) is 6.40. The van der Waals surface area contributed by atoms with Crippen molar-refractivity contribution in [1.29, 1.82) is 0 Å². The standard InChI is InChI=1S/C13H19N3O3/c1-16(5-6-19-9-10-3-4-10)12-8-14-11(7-15-12)13(17)18-2/h7-8,10H,3-6,9H2,1-2H3. The van der Waals surface area contributed by atoms with Crippen molar-refractivity contribution in [2.45, 2.75) is 12.8 Å². The number of hydrogen-bond acceptors (Lipinski definition) is 6. The lowest BCUT2D eigenvalue weighted by molar-refractivity contribution is 0.0593. The van der Waals surface area contributed by atoms with Crippen molar-refractivity contribution in [3.8, 4) is 0 Å². The van der Waals surface area contributed by atoms with Crippen LogP contribution in [0.25, 0.3) is 0 Å². The monoisotopic (exact) mass is 265 g/mol. The van der Waals surface area contributed by atoms with Gasteiger partial charge in [0.15, 0.2) is 5.69 Å². The molecule has 104 valence electrons. The number of hydrogen-bond donors (Lipinski definition) is 0. The molecule has 0 radical (unpaired) electrons. The largest absolute Gasteiger partial charge is 0.464 e. The highest BCUT2D eigenvalue weighted by atomic mass is 16.5. The Morgan fingerprint density at radius 2 is 2.21 bits per heavy atom. The molecular weight excluding hydrogens is 246 g/mol. The highest BCUT2D eigenvalue weighted by Crippen LogP contribution is 2.28. The summed E-state index contributed by atoms with van der Waals surface area (Å²) in [5.74, 6) is 1.02. The molecular formula is C13H19N3O3. The summed E-state index contributed by atoms with van der Waals surface area (Å²) in [6, 6.07) is 0. The number of carbonyl (C=O) groups excluding carboxylic acids is 1. The van der Waals surface area contributed by atoms with Crippen LogP contribution in [-0.2, 0) is 9.47 Å². The van der Waals surface area contributed by atoms with Gasteiger partial charge in [-0.15, -0.1) is 0 Å². The number of nitrogens with zero attached hydrogens (tertiary/aromatic N) is 3. The lowest BCUT2D eigenvalue weighted by atomic mass is 10.4. The predicted octanol–water partition coefficient (Wildman–Crippen LogP) is 1.13. The number of esters is 1. The van der Waals surface area contributed by atoms with E-state index in [9.17, 15) is 4.79 Å². The number of aromatic nitrogens is 2. The molecule has 1 aliphatic rings. The van der Waals surface area contributed by atoms with E-state index in [0.29, 0.717) is 12.4 Å². The molecule has 0 aromatic carbocycles. The van der Waals surface area contributed by atoms with E-state index in [1.54, 1.807) is 6.20 Å². The first-order valence-corrected chi connectivity index (χ1v) is 6.40. The van der Waals surface area contributed by atoms with Gasteiger partial charge in [-0.05, 0) is 18.8 Å². The maximum atomic E-state index is 11.2. The van der Waals surface area contributed by atoms with Gasteiger partial charge in [0.1, 0.15) is 5.82 Å². The summed E-state index contributed by atoms with van der Waals surface area (Å²) >= 11 is 0. The summed E-state index contributed by atoms with van der Waals surface area (Å²) < 4.78 is 10.1. The highest BCUT2D eigenvalue weighted by Gasteiger charge is 2.21. The van der Waals surface area contributed by atoms with Crippen LogP contribution in [0.4, 0.5) is 5.82 Å². The molecule has 0 unspecified atom stereocenters. The van der Waals surface area contributed by atoms with Crippen molar-refractivity contribution in [3.63, 3.8) is 0 Å². The van der Waals surface area contributed by atoms with E-state index in [4.69, 9.17) is 4.74 Å². The second-order valence-electron chi connectivity index (χ2n) is 4.69. The fourth-order valence-corrected chi connectivity index (χ4v) is 1.58. The molecule has 0 amide bonds. The van der Waals surface area contributed by atoms with Gasteiger partial charge in [0.05, 0.1) is 26.1 Å². The molecule has 1 aromatic rings. The summed E-state index contributed by atoms with van der Waals surface area (Å²) in [6.45, 7) is 2.28. The van der Waals surface area contributed by atoms with E-state index in [1.165, 1.54) is 26.1 Å². The minimum Gasteiger partial charge on any atom is -0.464 e. The van der Waals surface area contributed by atoms with Gasteiger partial charge in [-0.25, -0.2) is 14.8 Å². The van der Waals surface area contributed by atoms with Crippen LogP contribution in [0.5, 0.6) is 0 Å². The normalized spacial score (nSPS) is 14.2. The Balaban J connectivity index is 1.77. The van der Waals surface area contributed by atoms with Crippen molar-refractivity contribution >= 4 is 11.8 Å². The second kappa shape index (κ2) is 6.47. The van der Waals surface area contributed by atoms with Crippen LogP contribution in [0, 0.1) is 5.92 Å². The Kier molecular flexibility index (Phi) is 4.68. The van der Waals surface area contributed by atoms with Gasteiger partial charge in [-0.1, -0.05) is 0 Å². The molecule has 0 spiro atoms. The fourth-order valence-electron chi connectivity index (χ4n) is 1.58. The van der Waals surface area contributed by atoms with Gasteiger partial charge in [-0.3, -0.25) is 0 Å². The molecule has 0 bridgehead atoms. The van der Waals surface area contributed by atoms with Crippen molar-refractivity contribution in [2.75, 3.05) is 38.8 Å². The first-order chi connectivity index (χ1) is 9.20. The molecule has 0 N–H and O–H groups in total. The van der Waals surface area contributed by atoms with E-state index in [-0.39, 0.29) is 5.69 Å². The van der Waals surface area contributed by atoms with Crippen molar-refractivity contribution in [2.24, 2.45) is 5.92 Å². The van der Waals surface area contributed by atoms with E-state index < -0.39 is 5.97 Å². The molecule has 6 heteroatoms. The van der Waals surface area contributed by atoms with Crippen LogP contribution >= 0.6 is 0 Å². The van der Waals surface area contributed by atoms with Crippen LogP contribution < -0.4 is 4.90 Å². The van der Waals surface area contributed by atoms with Crippen LogP contribution in [-0.4, -0.2) is 49.9 Å². The van der Waals surface area contributed by atoms with Crippen LogP contribution in [0.1, 0.15) is 23.3 Å². The quantitative estimate of drug-likeness (QED) is 0.544. The van der Waals surface area contributed by atoms with E-state index in [1.807, 2.05) is 11.9 Å². The SMILES string of the molecule is COC(=O)c1cnc(N(C)CCOCC2CC2)cn1. The number of carbonyl (C=O) groups is 1. The molecule has 0 saturated heterocycles. The zero-order valence-corrected chi connectivity index (χ0v) is 11.3. The molecule has 1 aliphatic carbocycles. The van der Waals surface area contributed by atoms with Gasteiger partial charge >= 0.3 is 5.97 Å². The molecule has 6 nitrogen and oxygen atoms in total. The van der Waals surface area contributed by atoms with E-state index in [0.717, 1.165) is 19.1 Å². The van der Waals surface area contributed by atoms with Crippen molar-refractivity contribution in [1.82, 2.24) is 9.97 Å². The molecule has 1 heterocycles. The van der Waals surface area contributed by atoms with Gasteiger partial charge < -0.3 is 14.4 Å². The molecule has 1 aromatic heterocycles. The van der Waals surface area contributed by atoms with Crippen LogP contribution in [0.3, 0.4) is 0 Å². The molecule has 0 atom stereocenters. The minimum atomic E-state index is -0.477. The Morgan fingerprint density at radius 3 is 2.79 bits per heavy atom. The van der Waals surface area contributed by atoms with Crippen molar-refractivity contribution in [3.05, 3.63) is 18.1 Å². The van der Waals surface area contributed by atoms with Crippen molar-refractivity contribution < 1.29 is 14.3 Å². The lowest BCUT2D eigenvalue weighted by Crippen LogP contribution is -2.24. The Morgan fingerprint density at radius 1 is 1.42 bits per heavy atom. The summed E-state index contributed by atoms with van der Waals surface area (Å²) in [6.07, 6.45) is 5.59. The van der Waals surface area contributed by atoms with Gasteiger partial charge in [0.2, 0.25) is 0 Å². The predicted molar refractivity (Wildman–Crippen MR) is 70.2 cm³/mol. The topological polar surface area (TPSA) is 64.5 Å². The molecule has 1 fully saturated rings. The molecule has 1 saturated carbocycles. The van der Waals surface area contributed by atoms with E-state index >= 15 is 0 Å². The fraction of sp³-hybridized carbons (Fsp3) is 0.615. The zero-order chi connectivity index (χ0) is 13.7. The summed E-state index contributed by atoms with van der Waals surface area (Å²) in [4.78, 5) is 21.4. The summed E-state index contributed by atoms with van der Waals surface area (Å²) in [7, 11) is 3.24. The number of ether oxygens (including phenoxy) is 2. The molecule has 0 aliphatic heterocycles. The number of likely N-dealkylation sites (N-methyl/N-ethyl adjacent to an activating group) is 1. The Labute approximate surface area is 112 Å². The average Bonchev–Trinajstić information content (AvgIpc) is 3.27. The second-order valence-corrected chi connectivity index (χ2v) is 4.69. The maximum absolute atomic E-state index is 11.2. The lowest BCUT2D eigenvalue weighted by Gasteiger charge is -2.17. The number of methoxy groups -OCH3 is 1.